The molecule has 122 valence electrons. The maximum Gasteiger partial charge on any atom is 0.197 e. The molecular weight excluding hydrogens is 378 g/mol. The lowest BCUT2D eigenvalue weighted by molar-refractivity contribution is 1.09. The van der Waals surface area contributed by atoms with Gasteiger partial charge in [0.25, 0.3) is 0 Å². The van der Waals surface area contributed by atoms with E-state index < -0.39 is 0 Å². The summed E-state index contributed by atoms with van der Waals surface area (Å²) in [5.41, 5.74) is 7.51. The van der Waals surface area contributed by atoms with E-state index >= 15 is 0 Å². The summed E-state index contributed by atoms with van der Waals surface area (Å²) in [6.07, 6.45) is 0. The van der Waals surface area contributed by atoms with Crippen molar-refractivity contribution in [2.45, 2.75) is 0 Å². The number of anilines is 2. The Kier molecular flexibility index (Phi) is 6.25. The van der Waals surface area contributed by atoms with Crippen molar-refractivity contribution < 1.29 is 0 Å². The van der Waals surface area contributed by atoms with Crippen LogP contribution in [0.4, 0.5) is 11.4 Å². The molecule has 0 aliphatic rings. The monoisotopic (exact) mass is 390 g/mol. The molecule has 0 unspecified atom stereocenters. The molecule has 0 saturated heterocycles. The first-order valence-corrected chi connectivity index (χ1v) is 8.06. The smallest absolute Gasteiger partial charge is 0.197 e. The first-order valence-electron chi connectivity index (χ1n) is 6.55. The molecule has 0 fully saturated rings. The number of aliphatic imine (C=N–C) groups is 1. The number of guanidine groups is 1. The van der Waals surface area contributed by atoms with Crippen molar-refractivity contribution in [3.8, 4) is 0 Å². The Bertz CT molecular complexity index is 713. The van der Waals surface area contributed by atoms with E-state index in [0.29, 0.717) is 26.1 Å². The van der Waals surface area contributed by atoms with Gasteiger partial charge < -0.3 is 16.0 Å². The van der Waals surface area contributed by atoms with Crippen LogP contribution in [0.2, 0.25) is 20.1 Å². The van der Waals surface area contributed by atoms with Gasteiger partial charge in [-0.05, 0) is 36.4 Å². The fourth-order valence-corrected chi connectivity index (χ4v) is 2.62. The number of hydrogen-bond acceptors (Lipinski definition) is 2. The number of halogens is 4. The average molecular weight is 392 g/mol. The number of nitrogens with zero attached hydrogens (tertiary/aromatic N) is 2. The van der Waals surface area contributed by atoms with Crippen molar-refractivity contribution in [1.82, 2.24) is 0 Å². The van der Waals surface area contributed by atoms with Crippen LogP contribution in [-0.4, -0.2) is 19.7 Å². The Morgan fingerprint density at radius 3 is 2.30 bits per heavy atom. The zero-order valence-electron chi connectivity index (χ0n) is 12.2. The highest BCUT2D eigenvalue weighted by Gasteiger charge is 2.07. The molecule has 0 radical (unpaired) electrons. The molecule has 0 amide bonds. The second-order valence-electron chi connectivity index (χ2n) is 4.67. The maximum atomic E-state index is 6.00. The normalized spacial score (nSPS) is 11.4. The van der Waals surface area contributed by atoms with Crippen LogP contribution in [0.5, 0.6) is 0 Å². The summed E-state index contributed by atoms with van der Waals surface area (Å²) >= 11 is 23.8. The minimum absolute atomic E-state index is 0.272. The van der Waals surface area contributed by atoms with Crippen molar-refractivity contribution in [1.29, 1.82) is 0 Å². The number of hydrogen-bond donors (Lipinski definition) is 2. The Hall–Kier alpha value is -1.33. The van der Waals surface area contributed by atoms with Gasteiger partial charge in [-0.25, -0.2) is 4.99 Å². The highest BCUT2D eigenvalue weighted by atomic mass is 35.5. The van der Waals surface area contributed by atoms with Crippen molar-refractivity contribution in [3.05, 3.63) is 56.5 Å². The van der Waals surface area contributed by atoms with Crippen molar-refractivity contribution in [3.63, 3.8) is 0 Å². The van der Waals surface area contributed by atoms with E-state index in [1.807, 2.05) is 0 Å². The van der Waals surface area contributed by atoms with Gasteiger partial charge in [-0.1, -0.05) is 46.4 Å². The molecule has 0 atom stereocenters. The third-order valence-corrected chi connectivity index (χ3v) is 4.20. The highest BCUT2D eigenvalue weighted by Crippen LogP contribution is 2.26. The van der Waals surface area contributed by atoms with E-state index in [-0.39, 0.29) is 6.67 Å². The molecule has 0 bridgehead atoms. The summed E-state index contributed by atoms with van der Waals surface area (Å²) in [7, 11) is 1.79. The number of nitrogens with two attached hydrogens (primary N) is 1. The van der Waals surface area contributed by atoms with E-state index in [9.17, 15) is 0 Å². The molecule has 0 saturated carbocycles. The standard InChI is InChI=1S/C15H14Cl4N4/c1-23(12-2-3-13(18)14(19)7-12)15(20)22-8-21-11-5-9(16)4-10(17)6-11/h2-7,21H,8H2,1H3,(H2,20,22). The topological polar surface area (TPSA) is 53.6 Å². The quantitative estimate of drug-likeness (QED) is 0.561. The van der Waals surface area contributed by atoms with Crippen LogP contribution in [0.25, 0.3) is 0 Å². The summed E-state index contributed by atoms with van der Waals surface area (Å²) < 4.78 is 0. The molecule has 2 aromatic rings. The molecule has 0 aliphatic heterocycles. The van der Waals surface area contributed by atoms with Gasteiger partial charge in [0.15, 0.2) is 5.96 Å². The van der Waals surface area contributed by atoms with Crippen molar-refractivity contribution >= 4 is 63.7 Å². The van der Waals surface area contributed by atoms with E-state index in [1.54, 1.807) is 48.3 Å². The van der Waals surface area contributed by atoms with Gasteiger partial charge in [-0.2, -0.15) is 0 Å². The largest absolute Gasteiger partial charge is 0.369 e. The van der Waals surface area contributed by atoms with Crippen LogP contribution in [-0.2, 0) is 0 Å². The number of rotatable bonds is 4. The SMILES string of the molecule is CN(C(N)=NCNc1cc(Cl)cc(Cl)c1)c1ccc(Cl)c(Cl)c1. The predicted octanol–water partition coefficient (Wildman–Crippen LogP) is 5.12. The second-order valence-corrected chi connectivity index (χ2v) is 6.35. The summed E-state index contributed by atoms with van der Waals surface area (Å²) in [5, 5.41) is 5.11. The van der Waals surface area contributed by atoms with Gasteiger partial charge in [-0.15, -0.1) is 0 Å². The maximum absolute atomic E-state index is 6.00. The van der Waals surface area contributed by atoms with E-state index in [4.69, 9.17) is 52.1 Å². The minimum Gasteiger partial charge on any atom is -0.369 e. The highest BCUT2D eigenvalue weighted by molar-refractivity contribution is 6.42. The van der Waals surface area contributed by atoms with Gasteiger partial charge in [0, 0.05) is 28.5 Å². The molecule has 0 spiro atoms. The van der Waals surface area contributed by atoms with Crippen LogP contribution in [0.3, 0.4) is 0 Å². The summed E-state index contributed by atoms with van der Waals surface area (Å²) in [4.78, 5) is 5.96. The summed E-state index contributed by atoms with van der Waals surface area (Å²) in [5.74, 6) is 0.323. The first-order chi connectivity index (χ1) is 10.9. The Morgan fingerprint density at radius 1 is 1.04 bits per heavy atom. The predicted molar refractivity (Wildman–Crippen MR) is 101 cm³/mol. The second kappa shape index (κ2) is 7.97. The molecule has 3 N–H and O–H groups in total. The van der Waals surface area contributed by atoms with Crippen molar-refractivity contribution in [2.75, 3.05) is 23.9 Å². The van der Waals surface area contributed by atoms with E-state index in [0.717, 1.165) is 11.4 Å². The van der Waals surface area contributed by atoms with Crippen LogP contribution in [0.1, 0.15) is 0 Å². The van der Waals surface area contributed by atoms with Crippen LogP contribution in [0, 0.1) is 0 Å². The number of benzene rings is 2. The zero-order chi connectivity index (χ0) is 17.0. The minimum atomic E-state index is 0.272. The summed E-state index contributed by atoms with van der Waals surface area (Å²) in [6, 6.07) is 10.4. The molecule has 0 aliphatic carbocycles. The lowest BCUT2D eigenvalue weighted by Gasteiger charge is -2.19. The molecule has 0 heterocycles. The first kappa shape index (κ1) is 18.0. The molecular formula is C15H14Cl4N4. The molecule has 0 aromatic heterocycles. The van der Waals surface area contributed by atoms with Crippen LogP contribution < -0.4 is 16.0 Å². The van der Waals surface area contributed by atoms with Gasteiger partial charge >= 0.3 is 0 Å². The third-order valence-electron chi connectivity index (χ3n) is 3.02. The van der Waals surface area contributed by atoms with E-state index in [1.165, 1.54) is 0 Å². The fourth-order valence-electron chi connectivity index (χ4n) is 1.80. The Morgan fingerprint density at radius 2 is 1.70 bits per heavy atom. The van der Waals surface area contributed by atoms with Gasteiger partial charge in [0.05, 0.1) is 10.0 Å². The third kappa shape index (κ3) is 5.08. The molecule has 23 heavy (non-hydrogen) atoms. The van der Waals surface area contributed by atoms with Crippen molar-refractivity contribution in [2.24, 2.45) is 10.7 Å². The summed E-state index contributed by atoms with van der Waals surface area (Å²) in [6.45, 7) is 0.272. The molecule has 2 rings (SSSR count). The Balaban J connectivity index is 2.02. The zero-order valence-corrected chi connectivity index (χ0v) is 15.2. The van der Waals surface area contributed by atoms with Gasteiger partial charge in [0.1, 0.15) is 6.67 Å². The van der Waals surface area contributed by atoms with Crippen LogP contribution in [0.15, 0.2) is 41.4 Å². The molecule has 8 heteroatoms. The molecule has 2 aromatic carbocycles. The van der Waals surface area contributed by atoms with Crippen LogP contribution >= 0.6 is 46.4 Å². The van der Waals surface area contributed by atoms with Gasteiger partial charge in [0.2, 0.25) is 0 Å². The molecule has 4 nitrogen and oxygen atoms in total. The fraction of sp³-hybridized carbons (Fsp3) is 0.133. The number of nitrogens with one attached hydrogen (secondary N) is 1. The van der Waals surface area contributed by atoms with E-state index in [2.05, 4.69) is 10.3 Å². The van der Waals surface area contributed by atoms with Gasteiger partial charge in [-0.3, -0.25) is 0 Å². The lowest BCUT2D eigenvalue weighted by atomic mass is 10.3. The average Bonchev–Trinajstić information content (AvgIpc) is 2.48. The Labute approximate surface area is 154 Å². The lowest BCUT2D eigenvalue weighted by Crippen LogP contribution is -2.34.